The fraction of sp³-hybridized carbons (Fsp3) is 0.636. The molecule has 1 fully saturated rings. The standard InChI is InChI=1S/C11H15F3N3O.HI/c1-15-5-6-17(8-15)10(18)16-4-2-3-9(7-16)11(12,13)14;/h5-6,8-9H,2-4,7H2,1H3;1H/q+1;/p-1. The lowest BCUT2D eigenvalue weighted by atomic mass is 9.98. The van der Waals surface area contributed by atoms with Crippen LogP contribution in [0.1, 0.15) is 12.8 Å². The fourth-order valence-corrected chi connectivity index (χ4v) is 2.14. The number of hydrogen-bond donors (Lipinski definition) is 0. The molecule has 1 atom stereocenters. The Morgan fingerprint density at radius 1 is 1.42 bits per heavy atom. The van der Waals surface area contributed by atoms with E-state index in [2.05, 4.69) is 0 Å². The lowest BCUT2D eigenvalue weighted by Crippen LogP contribution is -3.00. The first kappa shape index (κ1) is 16.3. The van der Waals surface area contributed by atoms with Gasteiger partial charge < -0.3 is 28.9 Å². The molecule has 0 aromatic carbocycles. The van der Waals surface area contributed by atoms with Crippen LogP contribution in [0.2, 0.25) is 0 Å². The molecule has 0 spiro atoms. The Morgan fingerprint density at radius 3 is 2.63 bits per heavy atom. The Hall–Kier alpha value is -0.800. The molecule has 19 heavy (non-hydrogen) atoms. The molecule has 108 valence electrons. The zero-order valence-electron chi connectivity index (χ0n) is 10.4. The number of hydrogen-bond acceptors (Lipinski definition) is 1. The van der Waals surface area contributed by atoms with Crippen molar-refractivity contribution in [1.29, 1.82) is 0 Å². The van der Waals surface area contributed by atoms with Gasteiger partial charge in [-0.05, 0) is 12.8 Å². The summed E-state index contributed by atoms with van der Waals surface area (Å²) < 4.78 is 40.9. The van der Waals surface area contributed by atoms with Gasteiger partial charge in [-0.25, -0.2) is 9.36 Å². The van der Waals surface area contributed by atoms with Crippen LogP contribution in [0, 0.1) is 5.92 Å². The first-order chi connectivity index (χ1) is 8.38. The van der Waals surface area contributed by atoms with E-state index >= 15 is 0 Å². The quantitative estimate of drug-likeness (QED) is 0.395. The summed E-state index contributed by atoms with van der Waals surface area (Å²) in [5.74, 6) is -1.40. The maximum Gasteiger partial charge on any atom is 0.415 e. The van der Waals surface area contributed by atoms with Crippen LogP contribution in [0.15, 0.2) is 18.7 Å². The number of likely N-dealkylation sites (tertiary alicyclic amines) is 1. The topological polar surface area (TPSA) is 29.1 Å². The van der Waals surface area contributed by atoms with E-state index in [-0.39, 0.29) is 36.9 Å². The Bertz CT molecular complexity index is 447. The van der Waals surface area contributed by atoms with Crippen molar-refractivity contribution in [2.45, 2.75) is 19.0 Å². The van der Waals surface area contributed by atoms with Gasteiger partial charge in [-0.2, -0.15) is 17.7 Å². The largest absolute Gasteiger partial charge is 1.00 e. The minimum absolute atomic E-state index is 0. The third kappa shape index (κ3) is 3.83. The van der Waals surface area contributed by atoms with Gasteiger partial charge in [0.2, 0.25) is 0 Å². The number of alkyl halides is 3. The molecule has 2 heterocycles. The number of rotatable bonds is 0. The van der Waals surface area contributed by atoms with E-state index in [0.29, 0.717) is 13.0 Å². The summed E-state index contributed by atoms with van der Waals surface area (Å²) in [4.78, 5) is 13.3. The molecule has 0 saturated carbocycles. The molecule has 1 unspecified atom stereocenters. The van der Waals surface area contributed by atoms with Gasteiger partial charge in [-0.15, -0.1) is 0 Å². The van der Waals surface area contributed by atoms with E-state index in [9.17, 15) is 18.0 Å². The third-order valence-corrected chi connectivity index (χ3v) is 3.14. The molecule has 0 N–H and O–H groups in total. The number of carbonyl (C=O) groups excluding carboxylic acids is 1. The van der Waals surface area contributed by atoms with Gasteiger partial charge in [0, 0.05) is 13.1 Å². The van der Waals surface area contributed by atoms with Crippen molar-refractivity contribution >= 4 is 6.03 Å². The fourth-order valence-electron chi connectivity index (χ4n) is 2.14. The zero-order chi connectivity index (χ0) is 13.3. The summed E-state index contributed by atoms with van der Waals surface area (Å²) >= 11 is 0. The molecule has 1 aliphatic rings. The van der Waals surface area contributed by atoms with Gasteiger partial charge in [0.25, 0.3) is 6.33 Å². The summed E-state index contributed by atoms with van der Waals surface area (Å²) in [7, 11) is 1.75. The van der Waals surface area contributed by atoms with Crippen molar-refractivity contribution < 1.29 is 46.5 Å². The molecule has 0 aliphatic carbocycles. The lowest BCUT2D eigenvalue weighted by Gasteiger charge is -2.32. The smallest absolute Gasteiger partial charge is 0.415 e. The highest BCUT2D eigenvalue weighted by molar-refractivity contribution is 5.76. The highest BCUT2D eigenvalue weighted by Crippen LogP contribution is 2.33. The maximum atomic E-state index is 12.6. The average Bonchev–Trinajstić information content (AvgIpc) is 2.74. The summed E-state index contributed by atoms with van der Waals surface area (Å²) in [5.41, 5.74) is 0. The van der Waals surface area contributed by atoms with Gasteiger partial charge >= 0.3 is 12.2 Å². The zero-order valence-corrected chi connectivity index (χ0v) is 12.6. The molecule has 2 rings (SSSR count). The SMILES string of the molecule is C[n+]1ccn(C(=O)N2CCCC(C(F)(F)F)C2)c1.[I-]. The molecule has 1 saturated heterocycles. The number of halogens is 4. The Morgan fingerprint density at radius 2 is 2.11 bits per heavy atom. The second-order valence-corrected chi connectivity index (χ2v) is 4.60. The van der Waals surface area contributed by atoms with Crippen LogP contribution in [0.4, 0.5) is 18.0 Å². The van der Waals surface area contributed by atoms with Gasteiger partial charge in [-0.3, -0.25) is 0 Å². The first-order valence-corrected chi connectivity index (χ1v) is 5.77. The van der Waals surface area contributed by atoms with Crippen LogP contribution < -0.4 is 28.5 Å². The first-order valence-electron chi connectivity index (χ1n) is 5.77. The van der Waals surface area contributed by atoms with Gasteiger partial charge in [-0.1, -0.05) is 0 Å². The second-order valence-electron chi connectivity index (χ2n) is 4.60. The van der Waals surface area contributed by atoms with Crippen LogP contribution >= 0.6 is 0 Å². The van der Waals surface area contributed by atoms with Crippen LogP contribution in [-0.4, -0.2) is 34.8 Å². The van der Waals surface area contributed by atoms with E-state index < -0.39 is 18.1 Å². The molecule has 1 aromatic heterocycles. The van der Waals surface area contributed by atoms with Crippen molar-refractivity contribution in [3.05, 3.63) is 18.7 Å². The van der Waals surface area contributed by atoms with E-state index in [4.69, 9.17) is 0 Å². The minimum atomic E-state index is -4.22. The van der Waals surface area contributed by atoms with E-state index in [1.807, 2.05) is 0 Å². The molecule has 1 aliphatic heterocycles. The van der Waals surface area contributed by atoms with Crippen molar-refractivity contribution in [3.63, 3.8) is 0 Å². The third-order valence-electron chi connectivity index (χ3n) is 3.14. The van der Waals surface area contributed by atoms with Crippen LogP contribution in [0.25, 0.3) is 0 Å². The van der Waals surface area contributed by atoms with E-state index in [1.54, 1.807) is 30.3 Å². The highest BCUT2D eigenvalue weighted by atomic mass is 127. The van der Waals surface area contributed by atoms with Crippen LogP contribution in [0.3, 0.4) is 0 Å². The molecule has 1 amide bonds. The molecule has 0 bridgehead atoms. The summed E-state index contributed by atoms with van der Waals surface area (Å²) in [6, 6.07) is -0.399. The highest BCUT2D eigenvalue weighted by Gasteiger charge is 2.43. The predicted octanol–water partition coefficient (Wildman–Crippen LogP) is -1.44. The van der Waals surface area contributed by atoms with Gasteiger partial charge in [0.05, 0.1) is 13.0 Å². The van der Waals surface area contributed by atoms with Gasteiger partial charge in [0.15, 0.2) is 0 Å². The number of aryl methyl sites for hydroxylation is 1. The maximum absolute atomic E-state index is 12.6. The van der Waals surface area contributed by atoms with Crippen molar-refractivity contribution in [1.82, 2.24) is 9.47 Å². The summed E-state index contributed by atoms with van der Waals surface area (Å²) in [6.45, 7) is 0.136. The predicted molar refractivity (Wildman–Crippen MR) is 56.8 cm³/mol. The van der Waals surface area contributed by atoms with Gasteiger partial charge in [0.1, 0.15) is 12.4 Å². The second kappa shape index (κ2) is 6.10. The molecule has 0 radical (unpaired) electrons. The Kier molecular flexibility index (Phi) is 5.22. The number of amides is 1. The van der Waals surface area contributed by atoms with Crippen LogP contribution in [0.5, 0.6) is 0 Å². The monoisotopic (exact) mass is 389 g/mol. The normalized spacial score (nSPS) is 20.0. The average molecular weight is 389 g/mol. The van der Waals surface area contributed by atoms with Crippen molar-refractivity contribution in [3.8, 4) is 0 Å². The van der Waals surface area contributed by atoms with Crippen molar-refractivity contribution in [2.24, 2.45) is 13.0 Å². The molecular weight excluding hydrogens is 374 g/mol. The summed E-state index contributed by atoms with van der Waals surface area (Å²) in [5, 5.41) is 0. The molecular formula is C11H15F3IN3O. The minimum Gasteiger partial charge on any atom is -1.00 e. The number of carbonyl (C=O) groups is 1. The van der Waals surface area contributed by atoms with Crippen LogP contribution in [-0.2, 0) is 7.05 Å². The Balaban J connectivity index is 0.00000180. The van der Waals surface area contributed by atoms with Crippen molar-refractivity contribution in [2.75, 3.05) is 13.1 Å². The number of aromatic nitrogens is 2. The molecule has 4 nitrogen and oxygen atoms in total. The summed E-state index contributed by atoms with van der Waals surface area (Å²) in [6.07, 6.45) is 1.03. The number of piperidine rings is 1. The van der Waals surface area contributed by atoms with E-state index in [0.717, 1.165) is 0 Å². The molecule has 8 heteroatoms. The van der Waals surface area contributed by atoms with E-state index in [1.165, 1.54) is 9.47 Å². The number of nitrogens with zero attached hydrogens (tertiary/aromatic N) is 3. The lowest BCUT2D eigenvalue weighted by molar-refractivity contribution is -0.670. The molecule has 1 aromatic rings. The number of imidazole rings is 1. The Labute approximate surface area is 126 Å².